The number of nitrogens with zero attached hydrogens (tertiary/aromatic N) is 2. The van der Waals surface area contributed by atoms with Crippen LogP contribution in [0.3, 0.4) is 0 Å². The Balaban J connectivity index is 1.65. The molecule has 0 spiro atoms. The number of carbonyl (C=O) groups is 1. The van der Waals surface area contributed by atoms with Crippen LogP contribution in [-0.2, 0) is 4.74 Å². The molecule has 8 heteroatoms. The number of ether oxygens (including phenoxy) is 1. The molecule has 1 aromatic carbocycles. The SMILES string of the molecule is CN1CCN([C@@H]2[C@H](O)[C@H](CO)O[C@@H]2CNC(=O)c2cccc(F)c2)CC1. The zero-order chi connectivity index (χ0) is 18.7. The van der Waals surface area contributed by atoms with Crippen LogP contribution in [0.2, 0.25) is 0 Å². The number of amides is 1. The number of rotatable bonds is 5. The minimum Gasteiger partial charge on any atom is -0.394 e. The average molecular weight is 367 g/mol. The van der Waals surface area contributed by atoms with Gasteiger partial charge in [0.2, 0.25) is 0 Å². The Morgan fingerprint density at radius 1 is 1.31 bits per heavy atom. The van der Waals surface area contributed by atoms with E-state index >= 15 is 0 Å². The van der Waals surface area contributed by atoms with Gasteiger partial charge in [-0.25, -0.2) is 4.39 Å². The van der Waals surface area contributed by atoms with Gasteiger partial charge in [-0.1, -0.05) is 6.07 Å². The van der Waals surface area contributed by atoms with E-state index in [1.165, 1.54) is 24.3 Å². The Morgan fingerprint density at radius 2 is 2.04 bits per heavy atom. The molecule has 1 aromatic rings. The van der Waals surface area contributed by atoms with Gasteiger partial charge in [0.25, 0.3) is 5.91 Å². The molecule has 0 aromatic heterocycles. The van der Waals surface area contributed by atoms with Crippen molar-refractivity contribution < 1.29 is 24.1 Å². The Kier molecular flexibility index (Phi) is 6.20. The van der Waals surface area contributed by atoms with Crippen molar-refractivity contribution in [3.05, 3.63) is 35.6 Å². The van der Waals surface area contributed by atoms with E-state index in [2.05, 4.69) is 15.1 Å². The number of carbonyl (C=O) groups excluding carboxylic acids is 1. The van der Waals surface area contributed by atoms with Gasteiger partial charge in [-0.05, 0) is 25.2 Å². The van der Waals surface area contributed by atoms with Crippen molar-refractivity contribution >= 4 is 5.91 Å². The number of benzene rings is 1. The van der Waals surface area contributed by atoms with Gasteiger partial charge in [-0.15, -0.1) is 0 Å². The van der Waals surface area contributed by atoms with Crippen LogP contribution in [0.5, 0.6) is 0 Å². The molecule has 0 saturated carbocycles. The minimum atomic E-state index is -0.820. The van der Waals surface area contributed by atoms with E-state index < -0.39 is 30.0 Å². The monoisotopic (exact) mass is 367 g/mol. The van der Waals surface area contributed by atoms with E-state index in [9.17, 15) is 19.4 Å². The molecular formula is C18H26FN3O4. The van der Waals surface area contributed by atoms with Crippen molar-refractivity contribution in [3.63, 3.8) is 0 Å². The molecule has 2 heterocycles. The predicted molar refractivity (Wildman–Crippen MR) is 93.3 cm³/mol. The lowest BCUT2D eigenvalue weighted by Crippen LogP contribution is -2.56. The molecule has 7 nitrogen and oxygen atoms in total. The number of hydrogen-bond donors (Lipinski definition) is 3. The topological polar surface area (TPSA) is 85.3 Å². The summed E-state index contributed by atoms with van der Waals surface area (Å²) in [5.41, 5.74) is 0.235. The number of hydrogen-bond acceptors (Lipinski definition) is 6. The highest BCUT2D eigenvalue weighted by Crippen LogP contribution is 2.26. The van der Waals surface area contributed by atoms with Gasteiger partial charge in [0, 0.05) is 38.3 Å². The van der Waals surface area contributed by atoms with Crippen LogP contribution in [0, 0.1) is 5.82 Å². The van der Waals surface area contributed by atoms with Crippen LogP contribution >= 0.6 is 0 Å². The molecule has 2 aliphatic heterocycles. The molecule has 0 radical (unpaired) electrons. The maximum atomic E-state index is 13.3. The number of halogens is 1. The van der Waals surface area contributed by atoms with Crippen molar-refractivity contribution in [1.29, 1.82) is 0 Å². The fraction of sp³-hybridized carbons (Fsp3) is 0.611. The first kappa shape index (κ1) is 19.2. The van der Waals surface area contributed by atoms with Crippen LogP contribution in [0.1, 0.15) is 10.4 Å². The summed E-state index contributed by atoms with van der Waals surface area (Å²) in [5.74, 6) is -0.868. The standard InChI is InChI=1S/C18H26FN3O4/c1-21-5-7-22(8-6-21)16-14(26-15(11-23)17(16)24)10-20-18(25)12-3-2-4-13(19)9-12/h2-4,9,14-17,23-24H,5-8,10-11H2,1H3,(H,20,25)/t14-,15+,16+,17-/m1/s1. The summed E-state index contributed by atoms with van der Waals surface area (Å²) in [4.78, 5) is 16.6. The van der Waals surface area contributed by atoms with E-state index in [4.69, 9.17) is 4.74 Å². The number of aliphatic hydroxyl groups is 2. The molecule has 0 aliphatic carbocycles. The maximum Gasteiger partial charge on any atom is 0.251 e. The van der Waals surface area contributed by atoms with Crippen LogP contribution in [-0.4, -0.2) is 96.7 Å². The van der Waals surface area contributed by atoms with E-state index in [1.807, 2.05) is 7.05 Å². The van der Waals surface area contributed by atoms with Gasteiger partial charge >= 0.3 is 0 Å². The summed E-state index contributed by atoms with van der Waals surface area (Å²) in [6.07, 6.45) is -1.93. The van der Waals surface area contributed by atoms with E-state index in [-0.39, 0.29) is 24.8 Å². The molecule has 1 amide bonds. The molecular weight excluding hydrogens is 341 g/mol. The highest BCUT2D eigenvalue weighted by atomic mass is 19.1. The maximum absolute atomic E-state index is 13.3. The molecule has 3 N–H and O–H groups in total. The van der Waals surface area contributed by atoms with Crippen molar-refractivity contribution in [2.75, 3.05) is 46.4 Å². The number of aliphatic hydroxyl groups excluding tert-OH is 2. The highest BCUT2D eigenvalue weighted by molar-refractivity contribution is 5.94. The lowest BCUT2D eigenvalue weighted by Gasteiger charge is -2.39. The van der Waals surface area contributed by atoms with Crippen molar-refractivity contribution in [2.24, 2.45) is 0 Å². The molecule has 2 saturated heterocycles. The molecule has 4 atom stereocenters. The Labute approximate surface area is 152 Å². The molecule has 26 heavy (non-hydrogen) atoms. The minimum absolute atomic E-state index is 0.180. The van der Waals surface area contributed by atoms with Crippen LogP contribution in [0.15, 0.2) is 24.3 Å². The first-order valence-corrected chi connectivity index (χ1v) is 8.90. The van der Waals surface area contributed by atoms with Crippen LogP contribution < -0.4 is 5.32 Å². The molecule has 2 aliphatic rings. The summed E-state index contributed by atoms with van der Waals surface area (Å²) < 4.78 is 19.1. The molecule has 0 bridgehead atoms. The van der Waals surface area contributed by atoms with E-state index in [0.717, 1.165) is 26.2 Å². The first-order valence-electron chi connectivity index (χ1n) is 8.90. The van der Waals surface area contributed by atoms with Gasteiger partial charge in [0.1, 0.15) is 18.0 Å². The smallest absolute Gasteiger partial charge is 0.251 e. The van der Waals surface area contributed by atoms with Crippen LogP contribution in [0.25, 0.3) is 0 Å². The number of nitrogens with one attached hydrogen (secondary N) is 1. The summed E-state index contributed by atoms with van der Waals surface area (Å²) in [5, 5.41) is 22.8. The quantitative estimate of drug-likeness (QED) is 0.638. The van der Waals surface area contributed by atoms with Gasteiger partial charge < -0.3 is 25.2 Å². The molecule has 0 unspecified atom stereocenters. The lowest BCUT2D eigenvalue weighted by molar-refractivity contribution is -0.0209. The predicted octanol–water partition coefficient (Wildman–Crippen LogP) is -0.708. The number of likely N-dealkylation sites (N-methyl/N-ethyl adjacent to an activating group) is 1. The highest BCUT2D eigenvalue weighted by Gasteiger charge is 2.46. The summed E-state index contributed by atoms with van der Waals surface area (Å²) in [7, 11) is 2.05. The molecule has 2 fully saturated rings. The largest absolute Gasteiger partial charge is 0.394 e. The van der Waals surface area contributed by atoms with Crippen molar-refractivity contribution in [1.82, 2.24) is 15.1 Å². The third-order valence-corrected chi connectivity index (χ3v) is 5.15. The third kappa shape index (κ3) is 4.21. The summed E-state index contributed by atoms with van der Waals surface area (Å²) in [6.45, 7) is 3.24. The third-order valence-electron chi connectivity index (χ3n) is 5.15. The van der Waals surface area contributed by atoms with Gasteiger partial charge in [0.05, 0.1) is 18.8 Å². The Hall–Kier alpha value is -1.58. The van der Waals surface area contributed by atoms with Gasteiger partial charge in [-0.3, -0.25) is 9.69 Å². The molecule has 3 rings (SSSR count). The van der Waals surface area contributed by atoms with Gasteiger partial charge in [-0.2, -0.15) is 0 Å². The number of piperazine rings is 1. The fourth-order valence-electron chi connectivity index (χ4n) is 3.64. The van der Waals surface area contributed by atoms with E-state index in [0.29, 0.717) is 0 Å². The van der Waals surface area contributed by atoms with Crippen LogP contribution in [0.4, 0.5) is 4.39 Å². The second-order valence-corrected chi connectivity index (χ2v) is 6.94. The molecule has 144 valence electrons. The van der Waals surface area contributed by atoms with Crippen molar-refractivity contribution in [3.8, 4) is 0 Å². The Bertz CT molecular complexity index is 624. The van der Waals surface area contributed by atoms with E-state index in [1.54, 1.807) is 0 Å². The van der Waals surface area contributed by atoms with Crippen molar-refractivity contribution in [2.45, 2.75) is 24.4 Å². The summed E-state index contributed by atoms with van der Waals surface area (Å²) >= 11 is 0. The summed E-state index contributed by atoms with van der Waals surface area (Å²) in [6, 6.07) is 5.18. The second-order valence-electron chi connectivity index (χ2n) is 6.94. The lowest BCUT2D eigenvalue weighted by atomic mass is 10.0. The van der Waals surface area contributed by atoms with Gasteiger partial charge in [0.15, 0.2) is 0 Å². The average Bonchev–Trinajstić information content (AvgIpc) is 2.96. The first-order chi connectivity index (χ1) is 12.5. The fourth-order valence-corrected chi connectivity index (χ4v) is 3.64. The normalized spacial score (nSPS) is 30.5. The Morgan fingerprint density at radius 3 is 2.69 bits per heavy atom. The zero-order valence-electron chi connectivity index (χ0n) is 14.8. The zero-order valence-corrected chi connectivity index (χ0v) is 14.8. The second kappa shape index (κ2) is 8.41.